The molecule has 0 unspecified atom stereocenters. The van der Waals surface area contributed by atoms with Crippen molar-refractivity contribution in [2.24, 2.45) is 0 Å². The van der Waals surface area contributed by atoms with E-state index in [0.29, 0.717) is 11.7 Å². The van der Waals surface area contributed by atoms with Gasteiger partial charge in [0.1, 0.15) is 5.78 Å². The molecule has 0 spiro atoms. The van der Waals surface area contributed by atoms with Crippen molar-refractivity contribution in [1.29, 1.82) is 0 Å². The van der Waals surface area contributed by atoms with Crippen molar-refractivity contribution in [3.8, 4) is 0 Å². The van der Waals surface area contributed by atoms with E-state index in [1.807, 2.05) is 0 Å². The van der Waals surface area contributed by atoms with Gasteiger partial charge in [-0.3, -0.25) is 4.79 Å². The van der Waals surface area contributed by atoms with Gasteiger partial charge in [0.25, 0.3) is 0 Å². The van der Waals surface area contributed by atoms with Crippen LogP contribution in [0.5, 0.6) is 0 Å². The van der Waals surface area contributed by atoms with Crippen LogP contribution in [-0.4, -0.2) is 5.78 Å². The highest BCUT2D eigenvalue weighted by atomic mass is 16.1. The predicted molar refractivity (Wildman–Crippen MR) is 52.8 cm³/mol. The average molecular weight is 174 g/mol. The van der Waals surface area contributed by atoms with Crippen LogP contribution >= 0.6 is 0 Å². The molecule has 0 N–H and O–H groups in total. The number of hydrogen-bond donors (Lipinski definition) is 0. The molecule has 1 aliphatic rings. The number of rotatable bonds is 1. The van der Waals surface area contributed by atoms with E-state index in [1.54, 1.807) is 0 Å². The predicted octanol–water partition coefficient (Wildman–Crippen LogP) is 2.83. The minimum absolute atomic E-state index is 0.424. The molecule has 1 nitrogen and oxygen atoms in total. The summed E-state index contributed by atoms with van der Waals surface area (Å²) in [6.45, 7) is 2.12. The first kappa shape index (κ1) is 8.49. The second-order valence-corrected chi connectivity index (χ2v) is 3.83. The standard InChI is InChI=1S/C12H14O/c1-9-4-2-3-5-12(9)10-6-7-11(13)8-10/h2-5,10H,6-8H2,1H3/t10-/m1/s1. The maximum Gasteiger partial charge on any atom is 0.133 e. The quantitative estimate of drug-likeness (QED) is 0.639. The summed E-state index contributed by atoms with van der Waals surface area (Å²) in [4.78, 5) is 11.1. The minimum atomic E-state index is 0.424. The van der Waals surface area contributed by atoms with E-state index >= 15 is 0 Å². The Balaban J connectivity index is 2.26. The Hall–Kier alpha value is -1.11. The molecule has 1 heteroatoms. The van der Waals surface area contributed by atoms with Gasteiger partial charge in [0.05, 0.1) is 0 Å². The molecule has 1 aliphatic carbocycles. The van der Waals surface area contributed by atoms with Gasteiger partial charge in [-0.2, -0.15) is 0 Å². The lowest BCUT2D eigenvalue weighted by molar-refractivity contribution is -0.117. The van der Waals surface area contributed by atoms with E-state index in [4.69, 9.17) is 0 Å². The average Bonchev–Trinajstić information content (AvgIpc) is 2.53. The first-order valence-corrected chi connectivity index (χ1v) is 4.84. The SMILES string of the molecule is Cc1ccccc1[C@@H]1CCC(=O)C1. The van der Waals surface area contributed by atoms with Crippen LogP contribution < -0.4 is 0 Å². The van der Waals surface area contributed by atoms with E-state index in [-0.39, 0.29) is 0 Å². The van der Waals surface area contributed by atoms with Crippen LogP contribution in [0.15, 0.2) is 24.3 Å². The van der Waals surface area contributed by atoms with E-state index in [2.05, 4.69) is 31.2 Å². The number of benzene rings is 1. The number of ketones is 1. The molecule has 0 bridgehead atoms. The van der Waals surface area contributed by atoms with E-state index in [0.717, 1.165) is 19.3 Å². The Bertz CT molecular complexity index is 328. The van der Waals surface area contributed by atoms with Crippen molar-refractivity contribution < 1.29 is 4.79 Å². The topological polar surface area (TPSA) is 17.1 Å². The molecule has 68 valence electrons. The van der Waals surface area contributed by atoms with E-state index in [1.165, 1.54) is 11.1 Å². The maximum atomic E-state index is 11.1. The van der Waals surface area contributed by atoms with Crippen LogP contribution in [0.4, 0.5) is 0 Å². The van der Waals surface area contributed by atoms with Gasteiger partial charge < -0.3 is 0 Å². The van der Waals surface area contributed by atoms with Gasteiger partial charge in [0.15, 0.2) is 0 Å². The fourth-order valence-electron chi connectivity index (χ4n) is 2.12. The zero-order valence-corrected chi connectivity index (χ0v) is 7.92. The molecule has 0 heterocycles. The Morgan fingerprint density at radius 2 is 2.08 bits per heavy atom. The molecule has 0 aromatic heterocycles. The van der Waals surface area contributed by atoms with Crippen molar-refractivity contribution in [3.05, 3.63) is 35.4 Å². The van der Waals surface area contributed by atoms with Crippen LogP contribution in [0.2, 0.25) is 0 Å². The first-order chi connectivity index (χ1) is 6.27. The molecule has 2 rings (SSSR count). The second-order valence-electron chi connectivity index (χ2n) is 3.83. The van der Waals surface area contributed by atoms with Gasteiger partial charge >= 0.3 is 0 Å². The van der Waals surface area contributed by atoms with Gasteiger partial charge in [0, 0.05) is 12.8 Å². The Labute approximate surface area is 78.8 Å². The summed E-state index contributed by atoms with van der Waals surface area (Å²) in [6.07, 6.45) is 2.58. The minimum Gasteiger partial charge on any atom is -0.300 e. The first-order valence-electron chi connectivity index (χ1n) is 4.84. The van der Waals surface area contributed by atoms with Gasteiger partial charge in [-0.1, -0.05) is 24.3 Å². The number of hydrogen-bond acceptors (Lipinski definition) is 1. The number of carbonyl (C=O) groups is 1. The molecule has 1 saturated carbocycles. The van der Waals surface area contributed by atoms with Crippen LogP contribution in [-0.2, 0) is 4.79 Å². The van der Waals surface area contributed by atoms with Crippen molar-refractivity contribution in [1.82, 2.24) is 0 Å². The number of carbonyl (C=O) groups excluding carboxylic acids is 1. The lowest BCUT2D eigenvalue weighted by Gasteiger charge is -2.11. The second kappa shape index (κ2) is 3.33. The van der Waals surface area contributed by atoms with E-state index in [9.17, 15) is 4.79 Å². The smallest absolute Gasteiger partial charge is 0.133 e. The summed E-state index contributed by atoms with van der Waals surface area (Å²) in [5.41, 5.74) is 2.69. The lowest BCUT2D eigenvalue weighted by atomic mass is 9.94. The van der Waals surface area contributed by atoms with Crippen LogP contribution in [0.25, 0.3) is 0 Å². The molecule has 0 amide bonds. The molecule has 1 aromatic rings. The third-order valence-electron chi connectivity index (χ3n) is 2.87. The van der Waals surface area contributed by atoms with Crippen molar-refractivity contribution >= 4 is 5.78 Å². The Morgan fingerprint density at radius 1 is 1.31 bits per heavy atom. The summed E-state index contributed by atoms with van der Waals surface area (Å²) >= 11 is 0. The third-order valence-corrected chi connectivity index (χ3v) is 2.87. The van der Waals surface area contributed by atoms with Crippen LogP contribution in [0.1, 0.15) is 36.3 Å². The summed E-state index contributed by atoms with van der Waals surface area (Å²) in [7, 11) is 0. The summed E-state index contributed by atoms with van der Waals surface area (Å²) in [5, 5.41) is 0. The molecular weight excluding hydrogens is 160 g/mol. The monoisotopic (exact) mass is 174 g/mol. The number of aryl methyl sites for hydroxylation is 1. The van der Waals surface area contributed by atoms with Crippen molar-refractivity contribution in [2.45, 2.75) is 32.1 Å². The molecule has 1 atom stereocenters. The van der Waals surface area contributed by atoms with Gasteiger partial charge in [-0.05, 0) is 30.4 Å². The third kappa shape index (κ3) is 1.64. The Kier molecular flexibility index (Phi) is 2.17. The lowest BCUT2D eigenvalue weighted by Crippen LogP contribution is -1.96. The Morgan fingerprint density at radius 3 is 2.69 bits per heavy atom. The highest BCUT2D eigenvalue weighted by Crippen LogP contribution is 2.33. The zero-order valence-electron chi connectivity index (χ0n) is 7.92. The van der Waals surface area contributed by atoms with Gasteiger partial charge in [0.2, 0.25) is 0 Å². The highest BCUT2D eigenvalue weighted by molar-refractivity contribution is 5.81. The highest BCUT2D eigenvalue weighted by Gasteiger charge is 2.24. The van der Waals surface area contributed by atoms with E-state index < -0.39 is 0 Å². The largest absolute Gasteiger partial charge is 0.300 e. The van der Waals surface area contributed by atoms with Crippen LogP contribution in [0, 0.1) is 6.92 Å². The molecule has 13 heavy (non-hydrogen) atoms. The van der Waals surface area contributed by atoms with Crippen LogP contribution in [0.3, 0.4) is 0 Å². The summed E-state index contributed by atoms with van der Waals surface area (Å²) in [5.74, 6) is 0.918. The normalized spacial score (nSPS) is 22.2. The fraction of sp³-hybridized carbons (Fsp3) is 0.417. The van der Waals surface area contributed by atoms with Gasteiger partial charge in [-0.15, -0.1) is 0 Å². The maximum absolute atomic E-state index is 11.1. The zero-order chi connectivity index (χ0) is 9.26. The number of Topliss-reactive ketones (excluding diaryl/α,β-unsaturated/α-hetero) is 1. The fourth-order valence-corrected chi connectivity index (χ4v) is 2.12. The molecule has 1 aromatic carbocycles. The molecule has 1 fully saturated rings. The molecule has 0 saturated heterocycles. The molecule has 0 aliphatic heterocycles. The van der Waals surface area contributed by atoms with Crippen molar-refractivity contribution in [3.63, 3.8) is 0 Å². The summed E-state index contributed by atoms with van der Waals surface area (Å²) in [6, 6.07) is 8.39. The molecule has 0 radical (unpaired) electrons. The van der Waals surface area contributed by atoms with Crippen molar-refractivity contribution in [2.75, 3.05) is 0 Å². The summed E-state index contributed by atoms with van der Waals surface area (Å²) < 4.78 is 0. The van der Waals surface area contributed by atoms with Gasteiger partial charge in [-0.25, -0.2) is 0 Å². The molecular formula is C12H14O.